The van der Waals surface area contributed by atoms with Crippen LogP contribution < -0.4 is 0 Å². The van der Waals surface area contributed by atoms with Gasteiger partial charge in [0.05, 0.1) is 11.8 Å². The molecular formula is C12H15ClO2. The van der Waals surface area contributed by atoms with Gasteiger partial charge in [0.15, 0.2) is 5.78 Å². The van der Waals surface area contributed by atoms with E-state index in [2.05, 4.69) is 0 Å². The molecule has 1 heterocycles. The zero-order valence-electron chi connectivity index (χ0n) is 8.67. The zero-order chi connectivity index (χ0) is 10.7. The highest BCUT2D eigenvalue weighted by Gasteiger charge is 2.20. The average molecular weight is 227 g/mol. The van der Waals surface area contributed by atoms with E-state index >= 15 is 0 Å². The van der Waals surface area contributed by atoms with E-state index in [1.54, 1.807) is 6.07 Å². The lowest BCUT2D eigenvalue weighted by Gasteiger charge is -2.20. The van der Waals surface area contributed by atoms with E-state index in [-0.39, 0.29) is 11.0 Å². The molecule has 1 aliphatic carbocycles. The molecule has 0 aliphatic heterocycles. The summed E-state index contributed by atoms with van der Waals surface area (Å²) in [7, 11) is 0. The molecule has 1 saturated carbocycles. The van der Waals surface area contributed by atoms with E-state index in [0.29, 0.717) is 17.9 Å². The molecule has 1 aromatic heterocycles. The van der Waals surface area contributed by atoms with E-state index in [1.807, 2.05) is 0 Å². The molecule has 0 spiro atoms. The van der Waals surface area contributed by atoms with Gasteiger partial charge in [-0.2, -0.15) is 0 Å². The van der Waals surface area contributed by atoms with Crippen molar-refractivity contribution in [2.24, 2.45) is 5.92 Å². The molecule has 0 unspecified atom stereocenters. The van der Waals surface area contributed by atoms with Gasteiger partial charge in [0.25, 0.3) is 0 Å². The average Bonchev–Trinajstić information content (AvgIpc) is 2.66. The van der Waals surface area contributed by atoms with Crippen molar-refractivity contribution < 1.29 is 9.21 Å². The first-order chi connectivity index (χ1) is 7.27. The largest absolute Gasteiger partial charge is 0.452 e. The fourth-order valence-corrected chi connectivity index (χ4v) is 2.48. The third-order valence-corrected chi connectivity index (χ3v) is 3.41. The minimum Gasteiger partial charge on any atom is -0.452 e. The van der Waals surface area contributed by atoms with Gasteiger partial charge in [0.2, 0.25) is 5.22 Å². The highest BCUT2D eigenvalue weighted by atomic mass is 35.5. The Morgan fingerprint density at radius 2 is 2.13 bits per heavy atom. The Balaban J connectivity index is 1.94. The normalized spacial score (nSPS) is 17.9. The smallest absolute Gasteiger partial charge is 0.203 e. The molecule has 2 rings (SSSR count). The Labute approximate surface area is 94.6 Å². The molecule has 2 nitrogen and oxygen atoms in total. The monoisotopic (exact) mass is 226 g/mol. The van der Waals surface area contributed by atoms with Crippen LogP contribution in [0.25, 0.3) is 0 Å². The summed E-state index contributed by atoms with van der Waals surface area (Å²) < 4.78 is 4.92. The van der Waals surface area contributed by atoms with Crippen molar-refractivity contribution in [3.05, 3.63) is 23.1 Å². The zero-order valence-corrected chi connectivity index (χ0v) is 9.43. The fourth-order valence-electron chi connectivity index (χ4n) is 2.26. The minimum absolute atomic E-state index is 0.126. The summed E-state index contributed by atoms with van der Waals surface area (Å²) in [6.45, 7) is 0. The van der Waals surface area contributed by atoms with Crippen LogP contribution in [0.15, 0.2) is 16.7 Å². The van der Waals surface area contributed by atoms with Gasteiger partial charge in [-0.3, -0.25) is 4.79 Å². The van der Waals surface area contributed by atoms with Crippen LogP contribution in [0.1, 0.15) is 48.9 Å². The van der Waals surface area contributed by atoms with Crippen molar-refractivity contribution in [2.45, 2.75) is 38.5 Å². The quantitative estimate of drug-likeness (QED) is 0.727. The van der Waals surface area contributed by atoms with E-state index < -0.39 is 0 Å². The number of rotatable bonds is 3. The summed E-state index contributed by atoms with van der Waals surface area (Å²) in [5.41, 5.74) is 0.544. The van der Waals surface area contributed by atoms with E-state index in [9.17, 15) is 4.79 Å². The van der Waals surface area contributed by atoms with Crippen LogP contribution in [0, 0.1) is 5.92 Å². The lowest BCUT2D eigenvalue weighted by atomic mass is 9.85. The number of Topliss-reactive ketones (excluding diaryl/α,β-unsaturated/α-hetero) is 1. The van der Waals surface area contributed by atoms with Gasteiger partial charge in [-0.25, -0.2) is 0 Å². The summed E-state index contributed by atoms with van der Waals surface area (Å²) in [6.07, 6.45) is 8.30. The topological polar surface area (TPSA) is 30.2 Å². The molecule has 0 radical (unpaired) electrons. The second-order valence-electron chi connectivity index (χ2n) is 4.24. The van der Waals surface area contributed by atoms with Gasteiger partial charge in [-0.15, -0.1) is 0 Å². The van der Waals surface area contributed by atoms with Gasteiger partial charge < -0.3 is 4.42 Å². The van der Waals surface area contributed by atoms with Crippen molar-refractivity contribution in [2.75, 3.05) is 0 Å². The Bertz CT molecular complexity index is 337. The first kappa shape index (κ1) is 10.7. The lowest BCUT2D eigenvalue weighted by Crippen LogP contribution is -2.12. The predicted molar refractivity (Wildman–Crippen MR) is 59.2 cm³/mol. The Morgan fingerprint density at radius 3 is 2.73 bits per heavy atom. The SMILES string of the molecule is O=C(CC1CCCCC1)c1ccoc1Cl. The van der Waals surface area contributed by atoms with Crippen molar-refractivity contribution in [1.29, 1.82) is 0 Å². The highest BCUT2D eigenvalue weighted by molar-refractivity contribution is 6.32. The number of hydrogen-bond donors (Lipinski definition) is 0. The van der Waals surface area contributed by atoms with Crippen LogP contribution >= 0.6 is 11.6 Å². The van der Waals surface area contributed by atoms with Crippen molar-refractivity contribution >= 4 is 17.4 Å². The van der Waals surface area contributed by atoms with Crippen LogP contribution in [0.5, 0.6) is 0 Å². The van der Waals surface area contributed by atoms with Gasteiger partial charge in [0.1, 0.15) is 0 Å². The number of carbonyl (C=O) groups excluding carboxylic acids is 1. The number of ketones is 1. The molecule has 1 fully saturated rings. The summed E-state index contributed by atoms with van der Waals surface area (Å²) in [6, 6.07) is 1.66. The van der Waals surface area contributed by atoms with E-state index in [1.165, 1.54) is 38.4 Å². The van der Waals surface area contributed by atoms with Gasteiger partial charge in [0, 0.05) is 6.42 Å². The Morgan fingerprint density at radius 1 is 1.40 bits per heavy atom. The molecular weight excluding hydrogens is 212 g/mol. The molecule has 1 aliphatic rings. The second-order valence-corrected chi connectivity index (χ2v) is 4.58. The fraction of sp³-hybridized carbons (Fsp3) is 0.583. The maximum atomic E-state index is 11.9. The van der Waals surface area contributed by atoms with Crippen LogP contribution in [0.2, 0.25) is 5.22 Å². The maximum Gasteiger partial charge on any atom is 0.203 e. The van der Waals surface area contributed by atoms with Crippen molar-refractivity contribution in [3.63, 3.8) is 0 Å². The van der Waals surface area contributed by atoms with Gasteiger partial charge in [-0.1, -0.05) is 32.1 Å². The highest BCUT2D eigenvalue weighted by Crippen LogP contribution is 2.29. The van der Waals surface area contributed by atoms with Gasteiger partial charge >= 0.3 is 0 Å². The summed E-state index contributed by atoms with van der Waals surface area (Å²) >= 11 is 5.76. The molecule has 0 bridgehead atoms. The lowest BCUT2D eigenvalue weighted by molar-refractivity contribution is 0.0950. The Hall–Kier alpha value is -0.760. The standard InChI is InChI=1S/C12H15ClO2/c13-12-10(6-7-15-12)11(14)8-9-4-2-1-3-5-9/h6-7,9H,1-5,8H2. The molecule has 15 heavy (non-hydrogen) atoms. The van der Waals surface area contributed by atoms with E-state index in [4.69, 9.17) is 16.0 Å². The molecule has 82 valence electrons. The van der Waals surface area contributed by atoms with Crippen LogP contribution in [0.4, 0.5) is 0 Å². The molecule has 3 heteroatoms. The minimum atomic E-state index is 0.126. The van der Waals surface area contributed by atoms with Crippen LogP contribution in [-0.4, -0.2) is 5.78 Å². The number of halogens is 1. The van der Waals surface area contributed by atoms with E-state index in [0.717, 1.165) is 0 Å². The maximum absolute atomic E-state index is 11.9. The third-order valence-electron chi connectivity index (χ3n) is 3.12. The predicted octanol–water partition coefficient (Wildman–Crippen LogP) is 4.09. The number of hydrogen-bond acceptors (Lipinski definition) is 2. The summed E-state index contributed by atoms with van der Waals surface area (Å²) in [5, 5.41) is 0.232. The molecule has 0 saturated heterocycles. The second kappa shape index (κ2) is 4.84. The number of furan rings is 1. The third kappa shape index (κ3) is 2.63. The first-order valence-corrected chi connectivity index (χ1v) is 5.91. The first-order valence-electron chi connectivity index (χ1n) is 5.53. The molecule has 0 N–H and O–H groups in total. The summed E-state index contributed by atoms with van der Waals surface area (Å²) in [4.78, 5) is 11.9. The molecule has 1 aromatic rings. The molecule has 0 atom stereocenters. The summed E-state index contributed by atoms with van der Waals surface area (Å²) in [5.74, 6) is 0.679. The Kier molecular flexibility index (Phi) is 3.47. The van der Waals surface area contributed by atoms with Gasteiger partial charge in [-0.05, 0) is 23.6 Å². The van der Waals surface area contributed by atoms with Crippen LogP contribution in [0.3, 0.4) is 0 Å². The molecule has 0 amide bonds. The van der Waals surface area contributed by atoms with Crippen LogP contribution in [-0.2, 0) is 0 Å². The van der Waals surface area contributed by atoms with Crippen molar-refractivity contribution in [3.8, 4) is 0 Å². The van der Waals surface area contributed by atoms with Crippen molar-refractivity contribution in [1.82, 2.24) is 0 Å². The molecule has 0 aromatic carbocycles. The number of carbonyl (C=O) groups is 1.